The Bertz CT molecular complexity index is 1230. The van der Waals surface area contributed by atoms with E-state index in [9.17, 15) is 0 Å². The molecule has 1 aliphatic rings. The molecule has 148 valence electrons. The van der Waals surface area contributed by atoms with E-state index in [0.717, 1.165) is 6.42 Å². The number of aryl methyl sites for hydroxylation is 3. The van der Waals surface area contributed by atoms with E-state index in [4.69, 9.17) is 0 Å². The number of fused-ring (bicyclic) bond motifs is 3. The highest BCUT2D eigenvalue weighted by atomic mass is 14.2. The van der Waals surface area contributed by atoms with Crippen molar-refractivity contribution >= 4 is 0 Å². The van der Waals surface area contributed by atoms with Crippen molar-refractivity contribution in [2.75, 3.05) is 0 Å². The predicted octanol–water partition coefficient (Wildman–Crippen LogP) is 8.35. The second-order valence-electron chi connectivity index (χ2n) is 8.74. The maximum absolute atomic E-state index is 2.42. The molecule has 4 aromatic carbocycles. The molecule has 0 amide bonds. The molecule has 0 fully saturated rings. The summed E-state index contributed by atoms with van der Waals surface area (Å²) in [6.07, 6.45) is 2.37. The topological polar surface area (TPSA) is 0 Å². The van der Waals surface area contributed by atoms with Crippen molar-refractivity contribution in [1.29, 1.82) is 0 Å². The number of rotatable bonds is 2. The molecule has 0 radical (unpaired) electrons. The highest BCUT2D eigenvalue weighted by Crippen LogP contribution is 2.40. The molecule has 0 bridgehead atoms. The van der Waals surface area contributed by atoms with Gasteiger partial charge in [-0.05, 0) is 100 Å². The monoisotopic (exact) mass is 388 g/mol. The molecule has 30 heavy (non-hydrogen) atoms. The second-order valence-corrected chi connectivity index (χ2v) is 8.74. The summed E-state index contributed by atoms with van der Waals surface area (Å²) in [5.74, 6) is 0.585. The third-order valence-electron chi connectivity index (χ3n) is 6.74. The Morgan fingerprint density at radius 2 is 1.23 bits per heavy atom. The van der Waals surface area contributed by atoms with Gasteiger partial charge in [-0.15, -0.1) is 0 Å². The summed E-state index contributed by atoms with van der Waals surface area (Å²) in [6.45, 7) is 6.77. The van der Waals surface area contributed by atoms with Crippen molar-refractivity contribution in [1.82, 2.24) is 0 Å². The van der Waals surface area contributed by atoms with Gasteiger partial charge in [-0.1, -0.05) is 79.7 Å². The third-order valence-corrected chi connectivity index (χ3v) is 6.74. The van der Waals surface area contributed by atoms with Crippen LogP contribution in [0.15, 0.2) is 84.9 Å². The van der Waals surface area contributed by atoms with Crippen molar-refractivity contribution in [2.24, 2.45) is 0 Å². The molecule has 0 aromatic heterocycles. The lowest BCUT2D eigenvalue weighted by molar-refractivity contribution is 0.689. The first-order valence-corrected chi connectivity index (χ1v) is 11.0. The van der Waals surface area contributed by atoms with Gasteiger partial charge in [-0.3, -0.25) is 0 Å². The zero-order valence-electron chi connectivity index (χ0n) is 18.1. The number of benzene rings is 4. The van der Waals surface area contributed by atoms with E-state index < -0.39 is 0 Å². The van der Waals surface area contributed by atoms with Crippen LogP contribution in [0.3, 0.4) is 0 Å². The Kier molecular flexibility index (Phi) is 4.79. The Hall–Kier alpha value is -3.12. The lowest BCUT2D eigenvalue weighted by atomic mass is 9.88. The van der Waals surface area contributed by atoms with Crippen LogP contribution in [-0.2, 0) is 6.42 Å². The molecule has 1 unspecified atom stereocenters. The van der Waals surface area contributed by atoms with E-state index in [2.05, 4.69) is 106 Å². The Morgan fingerprint density at radius 1 is 0.600 bits per heavy atom. The summed E-state index contributed by atoms with van der Waals surface area (Å²) >= 11 is 0. The van der Waals surface area contributed by atoms with Crippen LogP contribution in [0, 0.1) is 13.8 Å². The average molecular weight is 389 g/mol. The van der Waals surface area contributed by atoms with Crippen molar-refractivity contribution in [2.45, 2.75) is 39.5 Å². The summed E-state index contributed by atoms with van der Waals surface area (Å²) in [5, 5.41) is 0. The zero-order valence-corrected chi connectivity index (χ0v) is 18.1. The van der Waals surface area contributed by atoms with Crippen molar-refractivity contribution < 1.29 is 0 Å². The van der Waals surface area contributed by atoms with Crippen LogP contribution < -0.4 is 0 Å². The predicted molar refractivity (Wildman–Crippen MR) is 129 cm³/mol. The lowest BCUT2D eigenvalue weighted by Gasteiger charge is -2.16. The van der Waals surface area contributed by atoms with Gasteiger partial charge in [0.2, 0.25) is 0 Å². The van der Waals surface area contributed by atoms with E-state index >= 15 is 0 Å². The largest absolute Gasteiger partial charge is 0.0620 e. The molecule has 1 aliphatic carbocycles. The van der Waals surface area contributed by atoms with Gasteiger partial charge in [0.15, 0.2) is 0 Å². The number of hydrogen-bond donors (Lipinski definition) is 0. The molecular formula is C30H28. The second kappa shape index (κ2) is 7.61. The highest BCUT2D eigenvalue weighted by Gasteiger charge is 2.20. The average Bonchev–Trinajstić information content (AvgIpc) is 2.91. The van der Waals surface area contributed by atoms with Crippen LogP contribution >= 0.6 is 0 Å². The van der Waals surface area contributed by atoms with E-state index in [1.54, 1.807) is 0 Å². The summed E-state index contributed by atoms with van der Waals surface area (Å²) < 4.78 is 0. The smallest absolute Gasteiger partial charge is 0.0140 e. The first-order valence-electron chi connectivity index (χ1n) is 11.0. The summed E-state index contributed by atoms with van der Waals surface area (Å²) in [6, 6.07) is 31.6. The summed E-state index contributed by atoms with van der Waals surface area (Å²) in [7, 11) is 0. The molecule has 1 atom stereocenters. The van der Waals surface area contributed by atoms with Gasteiger partial charge in [-0.2, -0.15) is 0 Å². The maximum Gasteiger partial charge on any atom is -0.0140 e. The minimum atomic E-state index is 0.585. The van der Waals surface area contributed by atoms with Gasteiger partial charge >= 0.3 is 0 Å². The van der Waals surface area contributed by atoms with E-state index in [-0.39, 0.29) is 0 Å². The summed E-state index contributed by atoms with van der Waals surface area (Å²) in [5.41, 5.74) is 13.7. The van der Waals surface area contributed by atoms with E-state index in [1.165, 1.54) is 62.1 Å². The van der Waals surface area contributed by atoms with Crippen molar-refractivity contribution in [3.63, 3.8) is 0 Å². The molecule has 0 saturated heterocycles. The Balaban J connectivity index is 1.67. The quantitative estimate of drug-likeness (QED) is 0.323. The van der Waals surface area contributed by atoms with Gasteiger partial charge in [0.1, 0.15) is 0 Å². The Morgan fingerprint density at radius 3 is 2.03 bits per heavy atom. The zero-order chi connectivity index (χ0) is 20.7. The summed E-state index contributed by atoms with van der Waals surface area (Å²) in [4.78, 5) is 0. The van der Waals surface area contributed by atoms with Gasteiger partial charge in [-0.25, -0.2) is 0 Å². The van der Waals surface area contributed by atoms with Crippen LogP contribution in [0.25, 0.3) is 33.4 Å². The lowest BCUT2D eigenvalue weighted by Crippen LogP contribution is -1.95. The van der Waals surface area contributed by atoms with E-state index in [0.29, 0.717) is 5.92 Å². The fourth-order valence-electron chi connectivity index (χ4n) is 4.89. The minimum Gasteiger partial charge on any atom is -0.0620 e. The molecule has 0 spiro atoms. The molecule has 0 aliphatic heterocycles. The number of hydrogen-bond acceptors (Lipinski definition) is 0. The third kappa shape index (κ3) is 3.27. The van der Waals surface area contributed by atoms with Crippen molar-refractivity contribution in [3.05, 3.63) is 107 Å². The van der Waals surface area contributed by atoms with Crippen molar-refractivity contribution in [3.8, 4) is 33.4 Å². The van der Waals surface area contributed by atoms with Gasteiger partial charge in [0.05, 0.1) is 0 Å². The first-order chi connectivity index (χ1) is 14.6. The van der Waals surface area contributed by atoms with Crippen LogP contribution in [0.5, 0.6) is 0 Å². The molecular weight excluding hydrogens is 360 g/mol. The van der Waals surface area contributed by atoms with Gasteiger partial charge < -0.3 is 0 Å². The molecule has 0 heteroatoms. The fourth-order valence-corrected chi connectivity index (χ4v) is 4.89. The molecule has 0 heterocycles. The van der Waals surface area contributed by atoms with Crippen LogP contribution in [-0.4, -0.2) is 0 Å². The fraction of sp³-hybridized carbons (Fsp3) is 0.200. The van der Waals surface area contributed by atoms with Crippen LogP contribution in [0.2, 0.25) is 0 Å². The SMILES string of the molecule is Cc1ccccc1-c1cc(-c2ccc3c(c2)-c2ccccc2CCC3C)ccc1C. The van der Waals surface area contributed by atoms with Crippen LogP contribution in [0.4, 0.5) is 0 Å². The standard InChI is InChI=1S/C30H28/c1-20-8-4-6-10-26(20)29-18-24(15-13-22(29)3)25-16-17-27-21(2)12-14-23-9-5-7-11-28(23)30(27)19-25/h4-11,13,15-19,21H,12,14H2,1-3H3. The van der Waals surface area contributed by atoms with Gasteiger partial charge in [0.25, 0.3) is 0 Å². The molecule has 4 aromatic rings. The minimum absolute atomic E-state index is 0.585. The van der Waals surface area contributed by atoms with E-state index in [1.807, 2.05) is 0 Å². The molecule has 0 saturated carbocycles. The normalized spacial score (nSPS) is 15.2. The van der Waals surface area contributed by atoms with Crippen LogP contribution in [0.1, 0.15) is 41.5 Å². The molecule has 5 rings (SSSR count). The molecule has 0 N–H and O–H groups in total. The highest BCUT2D eigenvalue weighted by molar-refractivity contribution is 5.81. The van der Waals surface area contributed by atoms with Gasteiger partial charge in [0, 0.05) is 0 Å². The maximum atomic E-state index is 2.42. The molecule has 0 nitrogen and oxygen atoms in total. The Labute approximate surface area is 180 Å². The first kappa shape index (κ1) is 18.9.